The van der Waals surface area contributed by atoms with E-state index in [1.807, 2.05) is 5.32 Å². The summed E-state index contributed by atoms with van der Waals surface area (Å²) in [5.74, 6) is -4.23. The van der Waals surface area contributed by atoms with Crippen LogP contribution < -0.4 is 10.6 Å². The lowest BCUT2D eigenvalue weighted by Crippen LogP contribution is -2.31. The third-order valence-electron chi connectivity index (χ3n) is 2.00. The molecule has 0 spiro atoms. The molecule has 0 atom stereocenters. The van der Waals surface area contributed by atoms with Gasteiger partial charge in [0.05, 0.1) is 6.54 Å². The molecule has 10 heteroatoms. The largest absolute Gasteiger partial charge is 0.433 e. The molecule has 5 nitrogen and oxygen atoms in total. The van der Waals surface area contributed by atoms with Crippen LogP contribution in [0.25, 0.3) is 0 Å². The van der Waals surface area contributed by atoms with Gasteiger partial charge in [0.2, 0.25) is 5.95 Å². The molecule has 0 fully saturated rings. The lowest BCUT2D eigenvalue weighted by molar-refractivity contribution is -0.141. The van der Waals surface area contributed by atoms with Gasteiger partial charge in [0, 0.05) is 13.1 Å². The molecule has 0 saturated carbocycles. The first-order chi connectivity index (χ1) is 8.68. The Morgan fingerprint density at radius 2 is 1.84 bits per heavy atom. The first-order valence-corrected chi connectivity index (χ1v) is 5.04. The van der Waals surface area contributed by atoms with Crippen LogP contribution in [-0.4, -0.2) is 41.2 Å². The fourth-order valence-electron chi connectivity index (χ4n) is 1.07. The highest BCUT2D eigenvalue weighted by atomic mass is 19.4. The third kappa shape index (κ3) is 4.47. The van der Waals surface area contributed by atoms with Gasteiger partial charge in [0.15, 0.2) is 5.69 Å². The number of alkyl halides is 5. The van der Waals surface area contributed by atoms with E-state index in [-0.39, 0.29) is 5.95 Å². The lowest BCUT2D eigenvalue weighted by Gasteiger charge is -2.15. The third-order valence-corrected chi connectivity index (χ3v) is 2.00. The highest BCUT2D eigenvalue weighted by Gasteiger charge is 2.34. The van der Waals surface area contributed by atoms with E-state index < -0.39 is 36.8 Å². The Morgan fingerprint density at radius 1 is 1.21 bits per heavy atom. The molecule has 1 aromatic rings. The van der Waals surface area contributed by atoms with Gasteiger partial charge >= 0.3 is 6.18 Å². The summed E-state index contributed by atoms with van der Waals surface area (Å²) < 4.78 is 63.0. The second kappa shape index (κ2) is 5.51. The number of aromatic nitrogens is 2. The second-order valence-electron chi connectivity index (χ2n) is 3.58. The summed E-state index contributed by atoms with van der Waals surface area (Å²) in [4.78, 5) is 6.72. The van der Waals surface area contributed by atoms with Gasteiger partial charge in [-0.1, -0.05) is 0 Å². The van der Waals surface area contributed by atoms with Crippen molar-refractivity contribution in [2.45, 2.75) is 12.1 Å². The zero-order valence-corrected chi connectivity index (χ0v) is 9.72. The van der Waals surface area contributed by atoms with Gasteiger partial charge in [0.1, 0.15) is 12.4 Å². The van der Waals surface area contributed by atoms with Crippen LogP contribution in [0.15, 0.2) is 6.07 Å². The Labute approximate surface area is 104 Å². The number of anilines is 2. The topological polar surface area (TPSA) is 70.1 Å². The van der Waals surface area contributed by atoms with Crippen molar-refractivity contribution in [3.05, 3.63) is 11.8 Å². The summed E-state index contributed by atoms with van der Waals surface area (Å²) in [6, 6.07) is 0.508. The van der Waals surface area contributed by atoms with Gasteiger partial charge < -0.3 is 15.7 Å². The van der Waals surface area contributed by atoms with E-state index in [0.717, 1.165) is 0 Å². The normalized spacial score (nSPS) is 12.4. The van der Waals surface area contributed by atoms with Crippen molar-refractivity contribution in [2.24, 2.45) is 0 Å². The van der Waals surface area contributed by atoms with Crippen molar-refractivity contribution in [3.8, 4) is 0 Å². The predicted octanol–water partition coefficient (Wildman–Crippen LogP) is 1.58. The minimum absolute atomic E-state index is 0.357. The van der Waals surface area contributed by atoms with E-state index in [9.17, 15) is 22.0 Å². The molecule has 108 valence electrons. The van der Waals surface area contributed by atoms with E-state index in [1.54, 1.807) is 0 Å². The predicted molar refractivity (Wildman–Crippen MR) is 57.1 cm³/mol. The second-order valence-corrected chi connectivity index (χ2v) is 3.58. The molecule has 0 aliphatic heterocycles. The lowest BCUT2D eigenvalue weighted by atomic mass is 10.3. The van der Waals surface area contributed by atoms with Crippen molar-refractivity contribution in [2.75, 3.05) is 30.8 Å². The summed E-state index contributed by atoms with van der Waals surface area (Å²) >= 11 is 0. The van der Waals surface area contributed by atoms with Gasteiger partial charge in [0.25, 0.3) is 5.92 Å². The van der Waals surface area contributed by atoms with Gasteiger partial charge in [-0.3, -0.25) is 0 Å². The fraction of sp³-hybridized carbons (Fsp3) is 0.556. The summed E-state index contributed by atoms with van der Waals surface area (Å²) in [5, 5.41) is 12.7. The molecule has 0 amide bonds. The van der Waals surface area contributed by atoms with Crippen molar-refractivity contribution in [3.63, 3.8) is 0 Å². The Balaban J connectivity index is 2.95. The van der Waals surface area contributed by atoms with Crippen LogP contribution in [0.2, 0.25) is 0 Å². The molecule has 1 rings (SSSR count). The number of nitrogens with zero attached hydrogens (tertiary/aromatic N) is 2. The summed E-state index contributed by atoms with van der Waals surface area (Å²) in [7, 11) is 1.29. The Morgan fingerprint density at radius 3 is 2.32 bits per heavy atom. The molecule has 0 bridgehead atoms. The van der Waals surface area contributed by atoms with Crippen LogP contribution in [0.3, 0.4) is 0 Å². The molecule has 0 saturated heterocycles. The zero-order chi connectivity index (χ0) is 14.7. The molecule has 0 aliphatic carbocycles. The Bertz CT molecular complexity index is 437. The summed E-state index contributed by atoms with van der Waals surface area (Å²) in [6.45, 7) is -2.46. The van der Waals surface area contributed by atoms with E-state index in [1.165, 1.54) is 7.05 Å². The number of rotatable bonds is 5. The minimum atomic E-state index is -4.72. The maximum absolute atomic E-state index is 12.8. The number of aliphatic hydroxyl groups is 1. The van der Waals surface area contributed by atoms with E-state index in [2.05, 4.69) is 15.3 Å². The van der Waals surface area contributed by atoms with Gasteiger partial charge in [-0.2, -0.15) is 18.2 Å². The first-order valence-electron chi connectivity index (χ1n) is 5.04. The van der Waals surface area contributed by atoms with Crippen LogP contribution in [-0.2, 0) is 6.18 Å². The molecule has 0 unspecified atom stereocenters. The smallest absolute Gasteiger partial charge is 0.390 e. The average Bonchev–Trinajstić information content (AvgIpc) is 2.35. The number of halogens is 5. The molecule has 1 aromatic heterocycles. The SMILES string of the molecule is CNc1nc(NCC(F)(F)CO)cc(C(F)(F)F)n1. The van der Waals surface area contributed by atoms with Crippen LogP contribution in [0, 0.1) is 0 Å². The molecular weight excluding hydrogens is 275 g/mol. The number of hydrogen-bond donors (Lipinski definition) is 3. The number of nitrogens with one attached hydrogen (secondary N) is 2. The fourth-order valence-corrected chi connectivity index (χ4v) is 1.07. The molecule has 0 radical (unpaired) electrons. The number of hydrogen-bond acceptors (Lipinski definition) is 5. The quantitative estimate of drug-likeness (QED) is 0.717. The average molecular weight is 286 g/mol. The summed E-state index contributed by atoms with van der Waals surface area (Å²) in [5.41, 5.74) is -1.26. The van der Waals surface area contributed by atoms with E-state index in [4.69, 9.17) is 5.11 Å². The maximum atomic E-state index is 12.8. The molecule has 19 heavy (non-hydrogen) atoms. The van der Waals surface area contributed by atoms with Crippen molar-refractivity contribution >= 4 is 11.8 Å². The van der Waals surface area contributed by atoms with Gasteiger partial charge in [-0.05, 0) is 0 Å². The Hall–Kier alpha value is -1.71. The zero-order valence-electron chi connectivity index (χ0n) is 9.72. The van der Waals surface area contributed by atoms with Gasteiger partial charge in [-0.25, -0.2) is 13.8 Å². The van der Waals surface area contributed by atoms with Crippen LogP contribution in [0.1, 0.15) is 5.69 Å². The van der Waals surface area contributed by atoms with E-state index >= 15 is 0 Å². The summed E-state index contributed by atoms with van der Waals surface area (Å²) in [6.07, 6.45) is -4.72. The standard InChI is InChI=1S/C9H11F5N4O/c1-15-7-17-5(9(12,13)14)2-6(18-7)16-3-8(10,11)4-19/h2,19H,3-4H2,1H3,(H2,15,16,17,18). The van der Waals surface area contributed by atoms with Crippen molar-refractivity contribution in [1.82, 2.24) is 9.97 Å². The van der Waals surface area contributed by atoms with Crippen LogP contribution in [0.4, 0.5) is 33.7 Å². The minimum Gasteiger partial charge on any atom is -0.390 e. The van der Waals surface area contributed by atoms with Gasteiger partial charge in [-0.15, -0.1) is 0 Å². The Kier molecular flexibility index (Phi) is 4.45. The highest BCUT2D eigenvalue weighted by molar-refractivity contribution is 5.43. The van der Waals surface area contributed by atoms with E-state index in [0.29, 0.717) is 6.07 Å². The monoisotopic (exact) mass is 286 g/mol. The molecule has 0 aromatic carbocycles. The van der Waals surface area contributed by atoms with Crippen LogP contribution >= 0.6 is 0 Å². The molecule has 1 heterocycles. The molecular formula is C9H11F5N4O. The van der Waals surface area contributed by atoms with Crippen molar-refractivity contribution in [1.29, 1.82) is 0 Å². The highest BCUT2D eigenvalue weighted by Crippen LogP contribution is 2.29. The molecule has 0 aliphatic rings. The number of aliphatic hydroxyl groups excluding tert-OH is 1. The van der Waals surface area contributed by atoms with Crippen molar-refractivity contribution < 1.29 is 27.1 Å². The maximum Gasteiger partial charge on any atom is 0.433 e. The first kappa shape index (κ1) is 15.3. The molecule has 3 N–H and O–H groups in total. The van der Waals surface area contributed by atoms with Crippen LogP contribution in [0.5, 0.6) is 0 Å².